The summed E-state index contributed by atoms with van der Waals surface area (Å²) in [4.78, 5) is 0. The number of hydrogen-bond donors (Lipinski definition) is 1. The molecule has 5 atom stereocenters. The Balaban J connectivity index is 1.26. The third-order valence-corrected chi connectivity index (χ3v) is 9.86. The smallest absolute Gasteiger partial charge is 0.125 e. The molecule has 5 unspecified atom stereocenters. The number of aryl methyl sites for hydroxylation is 1. The Labute approximate surface area is 318 Å². The molecule has 276 valence electrons. The van der Waals surface area contributed by atoms with Crippen LogP contribution in [0.4, 0.5) is 0 Å². The summed E-state index contributed by atoms with van der Waals surface area (Å²) in [7, 11) is 0. The van der Waals surface area contributed by atoms with Crippen molar-refractivity contribution in [3.8, 4) is 5.75 Å². The van der Waals surface area contributed by atoms with Gasteiger partial charge in [0.05, 0.1) is 33.0 Å². The second-order valence-electron chi connectivity index (χ2n) is 13.9. The third-order valence-electron chi connectivity index (χ3n) is 9.86. The molecule has 0 amide bonds. The highest BCUT2D eigenvalue weighted by Gasteiger charge is 2.49. The van der Waals surface area contributed by atoms with E-state index in [4.69, 9.17) is 23.7 Å². The quantitative estimate of drug-likeness (QED) is 0.107. The van der Waals surface area contributed by atoms with Crippen LogP contribution in [-0.2, 0) is 56.5 Å². The molecule has 54 heavy (non-hydrogen) atoms. The van der Waals surface area contributed by atoms with E-state index in [0.29, 0.717) is 38.4 Å². The van der Waals surface area contributed by atoms with E-state index in [0.717, 1.165) is 33.4 Å². The molecule has 0 spiro atoms. The van der Waals surface area contributed by atoms with E-state index in [1.807, 2.05) is 127 Å². The summed E-state index contributed by atoms with van der Waals surface area (Å²) in [6.45, 7) is 3.74. The van der Waals surface area contributed by atoms with Gasteiger partial charge in [0, 0.05) is 12.0 Å². The van der Waals surface area contributed by atoms with Crippen LogP contribution in [-0.4, -0.2) is 36.1 Å². The van der Waals surface area contributed by atoms with E-state index in [1.54, 1.807) is 0 Å². The highest BCUT2D eigenvalue weighted by Crippen LogP contribution is 2.42. The molecule has 1 saturated heterocycles. The Kier molecular flexibility index (Phi) is 13.0. The second-order valence-corrected chi connectivity index (χ2v) is 13.9. The molecule has 1 aliphatic heterocycles. The lowest BCUT2D eigenvalue weighted by Crippen LogP contribution is -2.58. The summed E-state index contributed by atoms with van der Waals surface area (Å²) in [5.41, 5.74) is 7.90. The zero-order valence-electron chi connectivity index (χ0n) is 30.7. The zero-order valence-corrected chi connectivity index (χ0v) is 30.7. The third kappa shape index (κ3) is 9.91. The van der Waals surface area contributed by atoms with Crippen LogP contribution in [0.5, 0.6) is 5.75 Å². The van der Waals surface area contributed by atoms with Gasteiger partial charge in [0.15, 0.2) is 0 Å². The van der Waals surface area contributed by atoms with E-state index in [-0.39, 0.29) is 12.4 Å². The molecular weight excluding hydrogens is 673 g/mol. The van der Waals surface area contributed by atoms with Gasteiger partial charge in [-0.1, -0.05) is 169 Å². The van der Waals surface area contributed by atoms with Gasteiger partial charge >= 0.3 is 0 Å². The molecule has 1 N–H and O–H groups in total. The van der Waals surface area contributed by atoms with Crippen molar-refractivity contribution in [3.05, 3.63) is 208 Å². The van der Waals surface area contributed by atoms with Gasteiger partial charge in [-0.2, -0.15) is 0 Å². The van der Waals surface area contributed by atoms with E-state index in [2.05, 4.69) is 43.3 Å². The summed E-state index contributed by atoms with van der Waals surface area (Å²) >= 11 is 0. The first-order chi connectivity index (χ1) is 26.6. The van der Waals surface area contributed by atoms with Crippen LogP contribution < -0.4 is 0 Å². The molecule has 7 rings (SSSR count). The highest BCUT2D eigenvalue weighted by atomic mass is 16.6. The Bertz CT molecular complexity index is 1990. The lowest BCUT2D eigenvalue weighted by Gasteiger charge is -2.46. The van der Waals surface area contributed by atoms with E-state index < -0.39 is 30.5 Å². The molecule has 1 aliphatic rings. The largest absolute Gasteiger partial charge is 0.507 e. The summed E-state index contributed by atoms with van der Waals surface area (Å²) in [5.74, 6) is 0.186. The van der Waals surface area contributed by atoms with Crippen molar-refractivity contribution in [2.75, 3.05) is 6.61 Å². The average Bonchev–Trinajstić information content (AvgIpc) is 3.22. The first kappa shape index (κ1) is 37.2. The maximum atomic E-state index is 12.0. The Morgan fingerprint density at radius 3 is 1.50 bits per heavy atom. The molecule has 1 fully saturated rings. The molecule has 1 heterocycles. The second kappa shape index (κ2) is 18.8. The molecule has 6 heteroatoms. The van der Waals surface area contributed by atoms with Gasteiger partial charge in [-0.05, 0) is 40.3 Å². The molecule has 6 aromatic rings. The molecule has 0 bridgehead atoms. The fourth-order valence-corrected chi connectivity index (χ4v) is 6.95. The van der Waals surface area contributed by atoms with Gasteiger partial charge in [0.1, 0.15) is 36.3 Å². The lowest BCUT2D eigenvalue weighted by molar-refractivity contribution is -0.275. The van der Waals surface area contributed by atoms with Gasteiger partial charge in [-0.3, -0.25) is 0 Å². The first-order valence-corrected chi connectivity index (χ1v) is 18.7. The molecule has 0 radical (unpaired) electrons. The van der Waals surface area contributed by atoms with Gasteiger partial charge < -0.3 is 28.8 Å². The van der Waals surface area contributed by atoms with Gasteiger partial charge in [0.2, 0.25) is 0 Å². The fraction of sp³-hybridized carbons (Fsp3) is 0.250. The summed E-state index contributed by atoms with van der Waals surface area (Å²) < 4.78 is 34.1. The number of hydrogen-bond acceptors (Lipinski definition) is 6. The lowest BCUT2D eigenvalue weighted by atomic mass is 9.88. The molecule has 0 aliphatic carbocycles. The van der Waals surface area contributed by atoms with E-state index in [9.17, 15) is 5.11 Å². The standard InChI is InChI=1S/C48H48O6/c1-35-25-27-36(28-26-35)29-41-23-14-24-42(44(41)49)45-47(52-32-39-19-10-4-11-20-39)48(53-33-40-21-12-5-13-22-40)46(51-31-38-17-8-3-9-18-38)43(54-45)34-50-30-37-15-6-2-7-16-37/h2-28,43,45-49H,29-34H2,1H3. The van der Waals surface area contributed by atoms with Crippen molar-refractivity contribution in [1.82, 2.24) is 0 Å². The van der Waals surface area contributed by atoms with Gasteiger partial charge in [0.25, 0.3) is 0 Å². The minimum absolute atomic E-state index is 0.186. The van der Waals surface area contributed by atoms with Crippen molar-refractivity contribution < 1.29 is 28.8 Å². The monoisotopic (exact) mass is 720 g/mol. The maximum Gasteiger partial charge on any atom is 0.125 e. The van der Waals surface area contributed by atoms with E-state index in [1.165, 1.54) is 5.56 Å². The van der Waals surface area contributed by atoms with Crippen LogP contribution in [0.25, 0.3) is 0 Å². The number of rotatable bonds is 16. The summed E-state index contributed by atoms with van der Waals surface area (Å²) in [5, 5.41) is 12.0. The summed E-state index contributed by atoms with van der Waals surface area (Å²) in [6.07, 6.45) is -2.50. The molecule has 0 saturated carbocycles. The predicted molar refractivity (Wildman–Crippen MR) is 211 cm³/mol. The maximum absolute atomic E-state index is 12.0. The van der Waals surface area contributed by atoms with E-state index >= 15 is 0 Å². The SMILES string of the molecule is Cc1ccc(Cc2cccc(C3OC(COCc4ccccc4)C(OCc4ccccc4)C(OCc4ccccc4)C3OCc3ccccc3)c2O)cc1. The zero-order chi connectivity index (χ0) is 37.0. The topological polar surface area (TPSA) is 66.4 Å². The number of phenols is 1. The van der Waals surface area contributed by atoms with Crippen molar-refractivity contribution in [1.29, 1.82) is 0 Å². The van der Waals surface area contributed by atoms with Crippen molar-refractivity contribution >= 4 is 0 Å². The number of aromatic hydroxyl groups is 1. The molecule has 0 aromatic heterocycles. The Morgan fingerprint density at radius 2 is 0.963 bits per heavy atom. The Morgan fingerprint density at radius 1 is 0.481 bits per heavy atom. The van der Waals surface area contributed by atoms with Crippen LogP contribution in [0, 0.1) is 6.92 Å². The van der Waals surface area contributed by atoms with Crippen LogP contribution in [0.1, 0.15) is 50.6 Å². The van der Waals surface area contributed by atoms with Crippen LogP contribution in [0.3, 0.4) is 0 Å². The van der Waals surface area contributed by atoms with Crippen molar-refractivity contribution in [3.63, 3.8) is 0 Å². The first-order valence-electron chi connectivity index (χ1n) is 18.7. The van der Waals surface area contributed by atoms with Crippen LogP contribution in [0.2, 0.25) is 0 Å². The molecule has 6 nitrogen and oxygen atoms in total. The number of benzene rings is 6. The molecule has 6 aromatic carbocycles. The van der Waals surface area contributed by atoms with Crippen molar-refractivity contribution in [2.45, 2.75) is 70.3 Å². The minimum Gasteiger partial charge on any atom is -0.507 e. The molecular formula is C48H48O6. The normalized spacial score (nSPS) is 19.8. The highest BCUT2D eigenvalue weighted by molar-refractivity contribution is 5.45. The van der Waals surface area contributed by atoms with Crippen LogP contribution >= 0.6 is 0 Å². The number of ether oxygens (including phenoxy) is 5. The van der Waals surface area contributed by atoms with Crippen molar-refractivity contribution in [2.24, 2.45) is 0 Å². The van der Waals surface area contributed by atoms with Gasteiger partial charge in [-0.15, -0.1) is 0 Å². The minimum atomic E-state index is -0.700. The van der Waals surface area contributed by atoms with Crippen LogP contribution in [0.15, 0.2) is 164 Å². The Hall–Kier alpha value is -5.08. The van der Waals surface area contributed by atoms with Gasteiger partial charge in [-0.25, -0.2) is 0 Å². The number of phenolic OH excluding ortho intramolecular Hbond substituents is 1. The summed E-state index contributed by atoms with van der Waals surface area (Å²) in [6, 6.07) is 54.7. The number of para-hydroxylation sites is 1. The predicted octanol–water partition coefficient (Wildman–Crippen LogP) is 9.70. The fourth-order valence-electron chi connectivity index (χ4n) is 6.95. The average molecular weight is 721 g/mol.